The predicted molar refractivity (Wildman–Crippen MR) is 276 cm³/mol. The summed E-state index contributed by atoms with van der Waals surface area (Å²) < 4.78 is 18.7. The van der Waals surface area contributed by atoms with E-state index in [1.54, 1.807) is 92.8 Å². The predicted octanol–water partition coefficient (Wildman–Crippen LogP) is 8.69. The van der Waals surface area contributed by atoms with Gasteiger partial charge in [0.1, 0.15) is 34.6 Å². The minimum absolute atomic E-state index is 0.000769. The number of alkyl carbamates (subject to hydrolysis) is 2. The van der Waals surface area contributed by atoms with E-state index in [-0.39, 0.29) is 51.2 Å². The van der Waals surface area contributed by atoms with E-state index in [2.05, 4.69) is 42.5 Å². The number of aromatic nitrogens is 1. The van der Waals surface area contributed by atoms with Crippen molar-refractivity contribution >= 4 is 74.6 Å². The third-order valence-electron chi connectivity index (χ3n) is 11.1. The Balaban J connectivity index is 1.56. The van der Waals surface area contributed by atoms with Crippen LogP contribution in [-0.2, 0) is 48.1 Å². The molecule has 1 aliphatic rings. The highest BCUT2D eigenvalue weighted by atomic mass is 79.9. The topological polar surface area (TPSA) is 219 Å². The van der Waals surface area contributed by atoms with Crippen LogP contribution in [0.3, 0.4) is 0 Å². The third kappa shape index (κ3) is 17.2. The number of aromatic hydroxyl groups is 1. The number of hydrogen-bond acceptors (Lipinski definition) is 12. The van der Waals surface area contributed by atoms with Crippen LogP contribution in [0.25, 0.3) is 10.9 Å². The molecular weight excluding hydrogens is 995 g/mol. The number of likely N-dealkylation sites (N-methyl/N-ethyl adjacent to an activating group) is 1. The van der Waals surface area contributed by atoms with Crippen molar-refractivity contribution in [2.24, 2.45) is 0 Å². The lowest BCUT2D eigenvalue weighted by Crippen LogP contribution is -2.57. The Labute approximate surface area is 429 Å². The normalized spacial score (nSPS) is 17.5. The van der Waals surface area contributed by atoms with Crippen molar-refractivity contribution in [3.8, 4) is 5.75 Å². The number of phenols is 1. The van der Waals surface area contributed by atoms with Gasteiger partial charge in [-0.05, 0) is 141 Å². The van der Waals surface area contributed by atoms with Gasteiger partial charge in [0.15, 0.2) is 0 Å². The first-order valence-corrected chi connectivity index (χ1v) is 25.5. The van der Waals surface area contributed by atoms with E-state index in [0.717, 1.165) is 14.9 Å². The maximum Gasteiger partial charge on any atom is 0.419 e. The van der Waals surface area contributed by atoms with E-state index >= 15 is 4.79 Å². The molecule has 71 heavy (non-hydrogen) atoms. The Bertz CT molecular complexity index is 2550. The highest BCUT2D eigenvalue weighted by Crippen LogP contribution is 2.40. The molecule has 3 aromatic carbocycles. The minimum Gasteiger partial charge on any atom is -0.507 e. The molecular formula is C52H70BrN7O10S. The zero-order valence-corrected chi connectivity index (χ0v) is 44.9. The van der Waals surface area contributed by atoms with Crippen LogP contribution >= 0.6 is 27.7 Å². The van der Waals surface area contributed by atoms with Gasteiger partial charge in [-0.2, -0.15) is 0 Å². The van der Waals surface area contributed by atoms with Gasteiger partial charge in [0, 0.05) is 60.6 Å². The van der Waals surface area contributed by atoms with Gasteiger partial charge in [-0.3, -0.25) is 19.0 Å². The third-order valence-corrected chi connectivity index (χ3v) is 12.9. The molecule has 0 bridgehead atoms. The lowest BCUT2D eigenvalue weighted by atomic mass is 10.0. The number of benzene rings is 3. The molecule has 4 aromatic rings. The van der Waals surface area contributed by atoms with Gasteiger partial charge in [0.25, 0.3) is 0 Å². The zero-order chi connectivity index (χ0) is 52.3. The Morgan fingerprint density at radius 3 is 2.06 bits per heavy atom. The smallest absolute Gasteiger partial charge is 0.419 e. The number of hydrogen-bond donors (Lipinski definition) is 6. The summed E-state index contributed by atoms with van der Waals surface area (Å²) in [7, 11) is 1.51. The Morgan fingerprint density at radius 1 is 0.761 bits per heavy atom. The number of nitrogens with zero attached hydrogens (tertiary/aromatic N) is 2. The van der Waals surface area contributed by atoms with E-state index < -0.39 is 70.9 Å². The molecule has 19 heteroatoms. The number of fused-ring (bicyclic) bond motifs is 3. The van der Waals surface area contributed by atoms with Gasteiger partial charge in [-0.25, -0.2) is 14.4 Å². The fourth-order valence-corrected chi connectivity index (χ4v) is 9.26. The molecule has 3 atom stereocenters. The second-order valence-corrected chi connectivity index (χ2v) is 22.5. The standard InChI is InChI=1S/C52H70BrN7O10S/c1-50(2,3)68-47(65)54-25-14-13-19-38-46(64)59(10)40(28-34-31-60(49(67)70-52(7,8)9)39-21-12-11-18-36(34)39)45(63)57-29-32-17-15-22-41(61)43(32)71-42-24-23-35(53)27-33(42)30-56-37(44(62)58-38)20-16-26-55-48(66)69-51(4,5)6/h11-12,15,17-18,21-24,27,31,37-38,40,56,61H,13-14,16,19-20,25-26,28-30H2,1-10H3,(H,54,65)(H,55,66)(H,57,63)(H,58,62)/t37-,38-,40-/m0/s1. The van der Waals surface area contributed by atoms with Crippen LogP contribution in [0.1, 0.15) is 111 Å². The van der Waals surface area contributed by atoms with Crippen LogP contribution in [0.15, 0.2) is 81.1 Å². The van der Waals surface area contributed by atoms with Gasteiger partial charge < -0.3 is 50.8 Å². The summed E-state index contributed by atoms with van der Waals surface area (Å²) >= 11 is 4.90. The first-order chi connectivity index (χ1) is 33.3. The number of rotatable bonds is 11. The number of halogens is 1. The number of nitrogens with one attached hydrogen (secondary N) is 5. The molecule has 2 heterocycles. The van der Waals surface area contributed by atoms with Crippen molar-refractivity contribution in [1.82, 2.24) is 36.1 Å². The van der Waals surface area contributed by atoms with Crippen molar-refractivity contribution in [1.29, 1.82) is 0 Å². The summed E-state index contributed by atoms with van der Waals surface area (Å²) in [6.45, 7) is 16.5. The van der Waals surface area contributed by atoms with Gasteiger partial charge in [-0.15, -0.1) is 0 Å². The molecule has 0 saturated heterocycles. The average Bonchev–Trinajstić information content (AvgIpc) is 3.64. The van der Waals surface area contributed by atoms with Gasteiger partial charge in [0.05, 0.1) is 16.5 Å². The minimum atomic E-state index is -1.18. The molecule has 1 aliphatic heterocycles. The maximum atomic E-state index is 15.1. The highest BCUT2D eigenvalue weighted by Gasteiger charge is 2.35. The summed E-state index contributed by atoms with van der Waals surface area (Å²) in [4.78, 5) is 85.7. The lowest BCUT2D eigenvalue weighted by molar-refractivity contribution is -0.142. The monoisotopic (exact) mass is 1060 g/mol. The molecule has 6 N–H and O–H groups in total. The first-order valence-electron chi connectivity index (χ1n) is 23.9. The number of amides is 5. The number of carbonyl (C=O) groups excluding carboxylic acids is 6. The molecule has 0 saturated carbocycles. The molecule has 1 aromatic heterocycles. The highest BCUT2D eigenvalue weighted by molar-refractivity contribution is 9.10. The number of carbonyl (C=O) groups is 6. The van der Waals surface area contributed by atoms with Gasteiger partial charge >= 0.3 is 18.3 Å². The van der Waals surface area contributed by atoms with Crippen molar-refractivity contribution in [2.75, 3.05) is 20.1 Å². The second kappa shape index (κ2) is 24.6. The number of unbranched alkanes of at least 4 members (excludes halogenated alkanes) is 1. The van der Waals surface area contributed by atoms with Crippen LogP contribution in [0.4, 0.5) is 14.4 Å². The number of para-hydroxylation sites is 1. The van der Waals surface area contributed by atoms with Crippen molar-refractivity contribution in [2.45, 2.75) is 159 Å². The fourth-order valence-electron chi connectivity index (χ4n) is 7.79. The van der Waals surface area contributed by atoms with Crippen molar-refractivity contribution in [3.63, 3.8) is 0 Å². The van der Waals surface area contributed by atoms with Crippen LogP contribution in [0.2, 0.25) is 0 Å². The molecule has 0 radical (unpaired) electrons. The van der Waals surface area contributed by atoms with Crippen molar-refractivity contribution in [3.05, 3.63) is 88.0 Å². The number of ether oxygens (including phenoxy) is 3. The SMILES string of the molecule is CN1C(=O)[C@H](CCCCNC(=O)OC(C)(C)C)NC(=O)[C@H](CCCNC(=O)OC(C)(C)C)NCc2cc(Br)ccc2Sc2c(O)cccc2CNC(=O)[C@@H]1Cc1cn(C(=O)OC(C)(C)C)c2ccccc12. The summed E-state index contributed by atoms with van der Waals surface area (Å²) in [5, 5.41) is 26.9. The molecule has 17 nitrogen and oxygen atoms in total. The van der Waals surface area contributed by atoms with Crippen LogP contribution < -0.4 is 26.6 Å². The van der Waals surface area contributed by atoms with E-state index in [9.17, 15) is 29.1 Å². The van der Waals surface area contributed by atoms with Gasteiger partial charge in [-0.1, -0.05) is 58.0 Å². The fraction of sp³-hybridized carbons (Fsp3) is 0.500. The summed E-state index contributed by atoms with van der Waals surface area (Å²) in [6.07, 6.45) is 1.37. The quantitative estimate of drug-likeness (QED) is 0.0614. The van der Waals surface area contributed by atoms with E-state index in [4.69, 9.17) is 14.2 Å². The molecule has 386 valence electrons. The van der Waals surface area contributed by atoms with Crippen LogP contribution in [0.5, 0.6) is 5.75 Å². The average molecular weight is 1070 g/mol. The first kappa shape index (κ1) is 56.1. The zero-order valence-electron chi connectivity index (χ0n) is 42.5. The summed E-state index contributed by atoms with van der Waals surface area (Å²) in [5.41, 5.74) is 0.363. The Hall–Kier alpha value is -5.79. The largest absolute Gasteiger partial charge is 0.507 e. The van der Waals surface area contributed by atoms with Crippen LogP contribution in [-0.4, -0.2) is 106 Å². The van der Waals surface area contributed by atoms with Crippen LogP contribution in [0, 0.1) is 0 Å². The number of phenolic OH excluding ortho intramolecular Hbond substituents is 1. The molecule has 0 fully saturated rings. The van der Waals surface area contributed by atoms with Gasteiger partial charge in [0.2, 0.25) is 17.7 Å². The Morgan fingerprint density at radius 2 is 1.39 bits per heavy atom. The molecule has 0 unspecified atom stereocenters. The molecule has 0 spiro atoms. The summed E-state index contributed by atoms with van der Waals surface area (Å²) in [5.74, 6) is -1.56. The molecule has 0 aliphatic carbocycles. The Kier molecular flexibility index (Phi) is 19.4. The van der Waals surface area contributed by atoms with Crippen molar-refractivity contribution < 1.29 is 48.1 Å². The lowest BCUT2D eigenvalue weighted by Gasteiger charge is -2.32. The van der Waals surface area contributed by atoms with E-state index in [0.29, 0.717) is 46.2 Å². The van der Waals surface area contributed by atoms with E-state index in [1.807, 2.05) is 36.4 Å². The second-order valence-electron chi connectivity index (χ2n) is 20.5. The molecule has 5 amide bonds. The summed E-state index contributed by atoms with van der Waals surface area (Å²) in [6, 6.07) is 14.8. The molecule has 5 rings (SSSR count). The van der Waals surface area contributed by atoms with E-state index in [1.165, 1.54) is 28.3 Å². The maximum absolute atomic E-state index is 15.1.